The number of amides is 1. The molecule has 102 valence electrons. The second-order valence-electron chi connectivity index (χ2n) is 5.30. The lowest BCUT2D eigenvalue weighted by Gasteiger charge is -2.16. The van der Waals surface area contributed by atoms with E-state index in [-0.39, 0.29) is 11.8 Å². The van der Waals surface area contributed by atoms with Crippen LogP contribution in [0.1, 0.15) is 29.9 Å². The first-order valence-electron chi connectivity index (χ1n) is 7.06. The van der Waals surface area contributed by atoms with Crippen molar-refractivity contribution in [1.29, 1.82) is 0 Å². The Kier molecular flexibility index (Phi) is 3.77. The van der Waals surface area contributed by atoms with Gasteiger partial charge in [-0.15, -0.1) is 0 Å². The molecular weight excluding hydrogens is 248 g/mol. The van der Waals surface area contributed by atoms with Crippen molar-refractivity contribution in [2.24, 2.45) is 5.92 Å². The number of nitrogens with zero attached hydrogens (tertiary/aromatic N) is 1. The monoisotopic (exact) mass is 266 g/mol. The lowest BCUT2D eigenvalue weighted by molar-refractivity contribution is -0.123. The maximum absolute atomic E-state index is 12.5. The van der Waals surface area contributed by atoms with E-state index in [1.165, 1.54) is 0 Å². The number of carbonyl (C=O) groups excluding carboxylic acids is 1. The average molecular weight is 266 g/mol. The van der Waals surface area contributed by atoms with Gasteiger partial charge in [0.15, 0.2) is 0 Å². The lowest BCUT2D eigenvalue weighted by atomic mass is 9.93. The number of rotatable bonds is 5. The first-order chi connectivity index (χ1) is 9.84. The molecule has 0 saturated heterocycles. The summed E-state index contributed by atoms with van der Waals surface area (Å²) in [6, 6.07) is 13.9. The summed E-state index contributed by atoms with van der Waals surface area (Å²) in [6.45, 7) is 0.544. The second-order valence-corrected chi connectivity index (χ2v) is 5.30. The Hall–Kier alpha value is -2.16. The fourth-order valence-electron chi connectivity index (χ4n) is 2.53. The lowest BCUT2D eigenvalue weighted by Crippen LogP contribution is -2.30. The molecule has 0 aliphatic heterocycles. The van der Waals surface area contributed by atoms with Crippen LogP contribution in [0.3, 0.4) is 0 Å². The Labute approximate surface area is 119 Å². The zero-order valence-electron chi connectivity index (χ0n) is 11.3. The third-order valence-electron chi connectivity index (χ3n) is 3.72. The Morgan fingerprint density at radius 3 is 2.65 bits per heavy atom. The van der Waals surface area contributed by atoms with Gasteiger partial charge in [-0.1, -0.05) is 36.4 Å². The minimum atomic E-state index is -0.00660. The van der Waals surface area contributed by atoms with Crippen LogP contribution >= 0.6 is 0 Å². The van der Waals surface area contributed by atoms with Gasteiger partial charge in [0.05, 0.1) is 5.92 Å². The van der Waals surface area contributed by atoms with E-state index in [1.807, 2.05) is 42.5 Å². The zero-order valence-corrected chi connectivity index (χ0v) is 11.3. The van der Waals surface area contributed by atoms with Crippen LogP contribution in [0.2, 0.25) is 0 Å². The first kappa shape index (κ1) is 12.9. The topological polar surface area (TPSA) is 42.0 Å². The van der Waals surface area contributed by atoms with Gasteiger partial charge in [0, 0.05) is 18.9 Å². The molecule has 1 aliphatic rings. The Balaban J connectivity index is 1.68. The summed E-state index contributed by atoms with van der Waals surface area (Å²) in [7, 11) is 0. The molecule has 1 amide bonds. The van der Waals surface area contributed by atoms with E-state index in [2.05, 4.69) is 10.3 Å². The standard InChI is InChI=1S/C17H18N2O/c20-17(19-12-13-5-4-10-18-11-13)16(15-8-9-15)14-6-2-1-3-7-14/h1-7,10-11,15-16H,8-9,12H2,(H,19,20). The van der Waals surface area contributed by atoms with Gasteiger partial charge in [-0.05, 0) is 36.0 Å². The fraction of sp³-hybridized carbons (Fsp3) is 0.294. The number of hydrogen-bond donors (Lipinski definition) is 1. The van der Waals surface area contributed by atoms with Crippen molar-refractivity contribution in [3.63, 3.8) is 0 Å². The molecule has 3 nitrogen and oxygen atoms in total. The average Bonchev–Trinajstić information content (AvgIpc) is 3.32. The summed E-state index contributed by atoms with van der Waals surface area (Å²) >= 11 is 0. The maximum atomic E-state index is 12.5. The molecule has 1 heterocycles. The third kappa shape index (κ3) is 3.05. The van der Waals surface area contributed by atoms with Crippen molar-refractivity contribution in [3.05, 3.63) is 66.0 Å². The van der Waals surface area contributed by atoms with Crippen LogP contribution in [0, 0.1) is 5.92 Å². The van der Waals surface area contributed by atoms with E-state index >= 15 is 0 Å². The molecule has 1 aliphatic carbocycles. The van der Waals surface area contributed by atoms with Crippen LogP contribution in [0.4, 0.5) is 0 Å². The number of pyridine rings is 1. The van der Waals surface area contributed by atoms with Gasteiger partial charge in [0.2, 0.25) is 5.91 Å². The first-order valence-corrected chi connectivity index (χ1v) is 7.06. The highest BCUT2D eigenvalue weighted by atomic mass is 16.1. The largest absolute Gasteiger partial charge is 0.351 e. The van der Waals surface area contributed by atoms with Gasteiger partial charge in [0.1, 0.15) is 0 Å². The van der Waals surface area contributed by atoms with Crippen molar-refractivity contribution in [1.82, 2.24) is 10.3 Å². The van der Waals surface area contributed by atoms with Gasteiger partial charge in [-0.2, -0.15) is 0 Å². The molecule has 1 N–H and O–H groups in total. The fourth-order valence-corrected chi connectivity index (χ4v) is 2.53. The number of benzene rings is 1. The van der Waals surface area contributed by atoms with Crippen LogP contribution in [0.25, 0.3) is 0 Å². The summed E-state index contributed by atoms with van der Waals surface area (Å²) < 4.78 is 0. The zero-order chi connectivity index (χ0) is 13.8. The van der Waals surface area contributed by atoms with Gasteiger partial charge in [0.25, 0.3) is 0 Å². The predicted molar refractivity (Wildman–Crippen MR) is 78.0 cm³/mol. The molecule has 0 radical (unpaired) electrons. The minimum absolute atomic E-state index is 0.00660. The van der Waals surface area contributed by atoms with Gasteiger partial charge >= 0.3 is 0 Å². The van der Waals surface area contributed by atoms with Crippen molar-refractivity contribution in [3.8, 4) is 0 Å². The molecule has 0 spiro atoms. The quantitative estimate of drug-likeness (QED) is 0.904. The summed E-state index contributed by atoms with van der Waals surface area (Å²) in [6.07, 6.45) is 5.83. The molecule has 1 fully saturated rings. The van der Waals surface area contributed by atoms with Crippen molar-refractivity contribution < 1.29 is 4.79 Å². The summed E-state index contributed by atoms with van der Waals surface area (Å²) in [4.78, 5) is 16.5. The maximum Gasteiger partial charge on any atom is 0.228 e. The molecule has 1 unspecified atom stereocenters. The van der Waals surface area contributed by atoms with Crippen LogP contribution < -0.4 is 5.32 Å². The van der Waals surface area contributed by atoms with E-state index < -0.39 is 0 Å². The molecule has 3 heteroatoms. The van der Waals surface area contributed by atoms with Gasteiger partial charge in [-0.25, -0.2) is 0 Å². The van der Waals surface area contributed by atoms with Crippen LogP contribution in [-0.2, 0) is 11.3 Å². The number of aromatic nitrogens is 1. The minimum Gasteiger partial charge on any atom is -0.351 e. The molecule has 0 bridgehead atoms. The second kappa shape index (κ2) is 5.87. The number of carbonyl (C=O) groups is 1. The van der Waals surface area contributed by atoms with Gasteiger partial charge < -0.3 is 5.32 Å². The van der Waals surface area contributed by atoms with E-state index in [1.54, 1.807) is 12.4 Å². The summed E-state index contributed by atoms with van der Waals surface area (Å²) in [5.41, 5.74) is 2.15. The smallest absolute Gasteiger partial charge is 0.228 e. The normalized spacial score (nSPS) is 15.6. The number of hydrogen-bond acceptors (Lipinski definition) is 2. The molecule has 1 saturated carbocycles. The molecule has 2 aromatic rings. The van der Waals surface area contributed by atoms with Crippen LogP contribution in [0.5, 0.6) is 0 Å². The summed E-state index contributed by atoms with van der Waals surface area (Å²) in [5, 5.41) is 3.04. The highest BCUT2D eigenvalue weighted by Crippen LogP contribution is 2.42. The van der Waals surface area contributed by atoms with Crippen LogP contribution in [-0.4, -0.2) is 10.9 Å². The van der Waals surface area contributed by atoms with E-state index in [0.29, 0.717) is 12.5 Å². The van der Waals surface area contributed by atoms with E-state index in [0.717, 1.165) is 24.0 Å². The van der Waals surface area contributed by atoms with Crippen molar-refractivity contribution in [2.45, 2.75) is 25.3 Å². The van der Waals surface area contributed by atoms with Crippen LogP contribution in [0.15, 0.2) is 54.9 Å². The Bertz CT molecular complexity index is 564. The Morgan fingerprint density at radius 1 is 1.20 bits per heavy atom. The molecule has 1 atom stereocenters. The predicted octanol–water partition coefficient (Wildman–Crippen LogP) is 2.89. The Morgan fingerprint density at radius 2 is 2.00 bits per heavy atom. The molecule has 3 rings (SSSR count). The molecule has 1 aromatic carbocycles. The number of nitrogens with one attached hydrogen (secondary N) is 1. The third-order valence-corrected chi connectivity index (χ3v) is 3.72. The molecule has 20 heavy (non-hydrogen) atoms. The van der Waals surface area contributed by atoms with Gasteiger partial charge in [-0.3, -0.25) is 9.78 Å². The molecular formula is C17H18N2O. The van der Waals surface area contributed by atoms with E-state index in [9.17, 15) is 4.79 Å². The highest BCUT2D eigenvalue weighted by molar-refractivity contribution is 5.84. The summed E-state index contributed by atoms with van der Waals surface area (Å²) in [5.74, 6) is 0.627. The van der Waals surface area contributed by atoms with E-state index in [4.69, 9.17) is 0 Å². The SMILES string of the molecule is O=C(NCc1cccnc1)C(c1ccccc1)C1CC1. The van der Waals surface area contributed by atoms with Crippen molar-refractivity contribution >= 4 is 5.91 Å². The highest BCUT2D eigenvalue weighted by Gasteiger charge is 2.36. The van der Waals surface area contributed by atoms with Crippen molar-refractivity contribution in [2.75, 3.05) is 0 Å². The molecule has 1 aromatic heterocycles.